The van der Waals surface area contributed by atoms with Gasteiger partial charge in [0, 0.05) is 6.42 Å². The minimum Gasteiger partial charge on any atom is -0.316 e. The summed E-state index contributed by atoms with van der Waals surface area (Å²) in [7, 11) is 0. The molecule has 6 heteroatoms. The number of nitrogens with one attached hydrogen (secondary N) is 2. The standard InChI is InChI=1S/C12H19N5O/c1-8-9(2)16-17-12(14-8)15-11(18)6-10-4-3-5-13-7-10/h10,13H,3-7H2,1-2H3,(H,14,15,17,18). The zero-order chi connectivity index (χ0) is 13.0. The molecular weight excluding hydrogens is 230 g/mol. The molecular formula is C12H19N5O. The van der Waals surface area contributed by atoms with Crippen molar-refractivity contribution in [1.82, 2.24) is 20.5 Å². The molecule has 1 unspecified atom stereocenters. The Morgan fingerprint density at radius 2 is 2.22 bits per heavy atom. The van der Waals surface area contributed by atoms with Gasteiger partial charge in [-0.1, -0.05) is 0 Å². The maximum atomic E-state index is 11.8. The van der Waals surface area contributed by atoms with Gasteiger partial charge in [0.2, 0.25) is 11.9 Å². The van der Waals surface area contributed by atoms with E-state index < -0.39 is 0 Å². The second-order valence-electron chi connectivity index (χ2n) is 4.77. The van der Waals surface area contributed by atoms with E-state index in [-0.39, 0.29) is 5.91 Å². The first kappa shape index (κ1) is 12.9. The number of carbonyl (C=O) groups excluding carboxylic acids is 1. The molecule has 2 N–H and O–H groups in total. The molecule has 0 saturated carbocycles. The lowest BCUT2D eigenvalue weighted by molar-refractivity contribution is -0.117. The first-order valence-electron chi connectivity index (χ1n) is 6.33. The zero-order valence-electron chi connectivity index (χ0n) is 10.9. The van der Waals surface area contributed by atoms with E-state index in [0.717, 1.165) is 37.3 Å². The summed E-state index contributed by atoms with van der Waals surface area (Å²) < 4.78 is 0. The molecule has 0 bridgehead atoms. The number of rotatable bonds is 3. The summed E-state index contributed by atoms with van der Waals surface area (Å²) in [5.41, 5.74) is 1.57. The third kappa shape index (κ3) is 3.46. The van der Waals surface area contributed by atoms with Gasteiger partial charge in [0.25, 0.3) is 0 Å². The summed E-state index contributed by atoms with van der Waals surface area (Å²) in [5, 5.41) is 13.8. The SMILES string of the molecule is Cc1nnc(NC(=O)CC2CCCNC2)nc1C. The van der Waals surface area contributed by atoms with Gasteiger partial charge in [0.15, 0.2) is 0 Å². The zero-order valence-corrected chi connectivity index (χ0v) is 10.9. The quantitative estimate of drug-likeness (QED) is 0.829. The van der Waals surface area contributed by atoms with Gasteiger partial charge in [-0.25, -0.2) is 4.98 Å². The molecule has 1 amide bonds. The fourth-order valence-corrected chi connectivity index (χ4v) is 2.05. The number of carbonyl (C=O) groups is 1. The number of aromatic nitrogens is 3. The molecule has 0 aliphatic carbocycles. The Kier molecular flexibility index (Phi) is 4.19. The topological polar surface area (TPSA) is 79.8 Å². The predicted octanol–water partition coefficient (Wildman–Crippen LogP) is 0.817. The maximum absolute atomic E-state index is 11.8. The first-order valence-corrected chi connectivity index (χ1v) is 6.33. The molecule has 18 heavy (non-hydrogen) atoms. The molecule has 0 spiro atoms. The van der Waals surface area contributed by atoms with Crippen molar-refractivity contribution in [2.24, 2.45) is 5.92 Å². The van der Waals surface area contributed by atoms with Crippen molar-refractivity contribution in [2.75, 3.05) is 18.4 Å². The lowest BCUT2D eigenvalue weighted by Crippen LogP contribution is -2.32. The van der Waals surface area contributed by atoms with Crippen LogP contribution in [0, 0.1) is 19.8 Å². The Balaban J connectivity index is 1.88. The van der Waals surface area contributed by atoms with Gasteiger partial charge in [0.1, 0.15) is 0 Å². The van der Waals surface area contributed by atoms with Crippen LogP contribution in [0.5, 0.6) is 0 Å². The summed E-state index contributed by atoms with van der Waals surface area (Å²) in [5.74, 6) is 0.680. The Bertz CT molecular complexity index is 428. The van der Waals surface area contributed by atoms with Crippen LogP contribution in [0.25, 0.3) is 0 Å². The molecule has 6 nitrogen and oxygen atoms in total. The van der Waals surface area contributed by atoms with E-state index in [1.54, 1.807) is 0 Å². The van der Waals surface area contributed by atoms with Gasteiger partial charge >= 0.3 is 0 Å². The van der Waals surface area contributed by atoms with Gasteiger partial charge in [-0.2, -0.15) is 5.10 Å². The van der Waals surface area contributed by atoms with E-state index >= 15 is 0 Å². The summed E-state index contributed by atoms with van der Waals surface area (Å²) in [6.45, 7) is 5.67. The summed E-state index contributed by atoms with van der Waals surface area (Å²) >= 11 is 0. The summed E-state index contributed by atoms with van der Waals surface area (Å²) in [4.78, 5) is 16.0. The number of hydrogen-bond acceptors (Lipinski definition) is 5. The number of hydrogen-bond donors (Lipinski definition) is 2. The van der Waals surface area contributed by atoms with Gasteiger partial charge in [0.05, 0.1) is 11.4 Å². The monoisotopic (exact) mass is 249 g/mol. The highest BCUT2D eigenvalue weighted by Gasteiger charge is 2.17. The second-order valence-corrected chi connectivity index (χ2v) is 4.77. The van der Waals surface area contributed by atoms with Crippen molar-refractivity contribution in [1.29, 1.82) is 0 Å². The fourth-order valence-electron chi connectivity index (χ4n) is 2.05. The third-order valence-electron chi connectivity index (χ3n) is 3.22. The Morgan fingerprint density at radius 1 is 1.39 bits per heavy atom. The normalized spacial score (nSPS) is 19.6. The molecule has 1 aromatic heterocycles. The van der Waals surface area contributed by atoms with Crippen molar-refractivity contribution < 1.29 is 4.79 Å². The van der Waals surface area contributed by atoms with Crippen molar-refractivity contribution in [2.45, 2.75) is 33.1 Å². The number of aryl methyl sites for hydroxylation is 2. The van der Waals surface area contributed by atoms with Crippen molar-refractivity contribution in [3.8, 4) is 0 Å². The van der Waals surface area contributed by atoms with Crippen LogP contribution in [0.1, 0.15) is 30.7 Å². The van der Waals surface area contributed by atoms with Crippen molar-refractivity contribution in [3.63, 3.8) is 0 Å². The van der Waals surface area contributed by atoms with Gasteiger partial charge in [-0.05, 0) is 45.7 Å². The average Bonchev–Trinajstić information content (AvgIpc) is 2.35. The number of nitrogens with zero attached hydrogens (tertiary/aromatic N) is 3. The first-order chi connectivity index (χ1) is 8.65. The van der Waals surface area contributed by atoms with Gasteiger partial charge in [-0.15, -0.1) is 5.10 Å². The summed E-state index contributed by atoms with van der Waals surface area (Å²) in [6.07, 6.45) is 2.76. The fraction of sp³-hybridized carbons (Fsp3) is 0.667. The lowest BCUT2D eigenvalue weighted by atomic mass is 9.96. The van der Waals surface area contributed by atoms with Crippen LogP contribution >= 0.6 is 0 Å². The molecule has 1 aliphatic heterocycles. The molecule has 2 heterocycles. The van der Waals surface area contributed by atoms with Crippen LogP contribution in [0.15, 0.2) is 0 Å². The van der Waals surface area contributed by atoms with Crippen LogP contribution in [0.4, 0.5) is 5.95 Å². The molecule has 1 atom stereocenters. The number of piperidine rings is 1. The average molecular weight is 249 g/mol. The molecule has 0 aromatic carbocycles. The number of anilines is 1. The molecule has 98 valence electrons. The van der Waals surface area contributed by atoms with E-state index in [2.05, 4.69) is 25.8 Å². The lowest BCUT2D eigenvalue weighted by Gasteiger charge is -2.21. The van der Waals surface area contributed by atoms with Crippen molar-refractivity contribution in [3.05, 3.63) is 11.4 Å². The van der Waals surface area contributed by atoms with Crippen molar-refractivity contribution >= 4 is 11.9 Å². The van der Waals surface area contributed by atoms with Gasteiger partial charge in [-0.3, -0.25) is 10.1 Å². The van der Waals surface area contributed by atoms with E-state index in [4.69, 9.17) is 0 Å². The highest BCUT2D eigenvalue weighted by Crippen LogP contribution is 2.14. The maximum Gasteiger partial charge on any atom is 0.249 e. The molecule has 0 radical (unpaired) electrons. The van der Waals surface area contributed by atoms with Crippen LogP contribution in [-0.2, 0) is 4.79 Å². The Labute approximate surface area is 107 Å². The highest BCUT2D eigenvalue weighted by atomic mass is 16.1. The second kappa shape index (κ2) is 5.86. The molecule has 1 saturated heterocycles. The minimum atomic E-state index is -0.0336. The third-order valence-corrected chi connectivity index (χ3v) is 3.22. The van der Waals surface area contributed by atoms with Gasteiger partial charge < -0.3 is 5.32 Å². The van der Waals surface area contributed by atoms with Crippen LogP contribution in [0.2, 0.25) is 0 Å². The minimum absolute atomic E-state index is 0.0336. The van der Waals surface area contributed by atoms with E-state index in [1.165, 1.54) is 0 Å². The molecule has 1 aromatic rings. The van der Waals surface area contributed by atoms with Crippen LogP contribution < -0.4 is 10.6 Å². The van der Waals surface area contributed by atoms with E-state index in [9.17, 15) is 4.79 Å². The smallest absolute Gasteiger partial charge is 0.249 e. The molecule has 2 rings (SSSR count). The number of amides is 1. The molecule has 1 aliphatic rings. The molecule has 1 fully saturated rings. The Morgan fingerprint density at radius 3 is 2.89 bits per heavy atom. The summed E-state index contributed by atoms with van der Waals surface area (Å²) in [6, 6.07) is 0. The largest absolute Gasteiger partial charge is 0.316 e. The van der Waals surface area contributed by atoms with E-state index in [0.29, 0.717) is 18.3 Å². The highest BCUT2D eigenvalue weighted by molar-refractivity contribution is 5.89. The van der Waals surface area contributed by atoms with E-state index in [1.807, 2.05) is 13.8 Å². The van der Waals surface area contributed by atoms with Crippen LogP contribution in [-0.4, -0.2) is 34.2 Å². The Hall–Kier alpha value is -1.56. The van der Waals surface area contributed by atoms with Crippen LogP contribution in [0.3, 0.4) is 0 Å². The predicted molar refractivity (Wildman–Crippen MR) is 68.1 cm³/mol.